The summed E-state index contributed by atoms with van der Waals surface area (Å²) in [6, 6.07) is 12.3. The number of fused-ring (bicyclic) bond motifs is 1. The fraction of sp³-hybridized carbons (Fsp3) is 0.211. The zero-order valence-corrected chi connectivity index (χ0v) is 13.9. The third-order valence-electron chi connectivity index (χ3n) is 4.20. The molecule has 3 aromatic rings. The maximum Gasteiger partial charge on any atom is 0.275 e. The fourth-order valence-corrected chi connectivity index (χ4v) is 2.73. The average molecular weight is 321 g/mol. The van der Waals surface area contributed by atoms with Gasteiger partial charge in [-0.3, -0.25) is 9.59 Å². The Kier molecular flexibility index (Phi) is 4.16. The van der Waals surface area contributed by atoms with E-state index in [1.54, 1.807) is 25.3 Å². The summed E-state index contributed by atoms with van der Waals surface area (Å²) in [6.45, 7) is 5.55. The molecule has 0 radical (unpaired) electrons. The first-order valence-corrected chi connectivity index (χ1v) is 7.82. The van der Waals surface area contributed by atoms with Gasteiger partial charge in [0.2, 0.25) is 5.91 Å². The Balaban J connectivity index is 1.94. The van der Waals surface area contributed by atoms with E-state index in [9.17, 15) is 9.59 Å². The number of hydrogen-bond acceptors (Lipinski definition) is 3. The van der Waals surface area contributed by atoms with Crippen molar-refractivity contribution in [1.29, 1.82) is 0 Å². The van der Waals surface area contributed by atoms with Gasteiger partial charge in [0.25, 0.3) is 5.56 Å². The highest BCUT2D eigenvalue weighted by atomic mass is 16.2. The van der Waals surface area contributed by atoms with Gasteiger partial charge in [0, 0.05) is 11.1 Å². The second kappa shape index (κ2) is 6.28. The van der Waals surface area contributed by atoms with Crippen molar-refractivity contribution in [3.8, 4) is 0 Å². The van der Waals surface area contributed by atoms with Crippen LogP contribution in [0.25, 0.3) is 10.8 Å². The first-order valence-electron chi connectivity index (χ1n) is 7.82. The van der Waals surface area contributed by atoms with Crippen LogP contribution in [-0.4, -0.2) is 15.7 Å². The number of amides is 1. The molecule has 0 spiro atoms. The molecule has 1 atom stereocenters. The lowest BCUT2D eigenvalue weighted by Gasteiger charge is -2.17. The van der Waals surface area contributed by atoms with Crippen LogP contribution in [0.2, 0.25) is 0 Å². The van der Waals surface area contributed by atoms with Crippen molar-refractivity contribution in [2.45, 2.75) is 26.8 Å². The number of hydrogen-bond donors (Lipinski definition) is 1. The molecule has 0 unspecified atom stereocenters. The lowest BCUT2D eigenvalue weighted by Crippen LogP contribution is -2.33. The molecule has 5 heteroatoms. The lowest BCUT2D eigenvalue weighted by atomic mass is 10.1. The summed E-state index contributed by atoms with van der Waals surface area (Å²) in [5, 5.41) is 8.39. The summed E-state index contributed by atoms with van der Waals surface area (Å²) in [7, 11) is 0. The van der Waals surface area contributed by atoms with Gasteiger partial charge in [0.1, 0.15) is 6.04 Å². The van der Waals surface area contributed by atoms with Gasteiger partial charge in [-0.25, -0.2) is 4.68 Å². The third kappa shape index (κ3) is 2.80. The van der Waals surface area contributed by atoms with E-state index in [-0.39, 0.29) is 11.5 Å². The largest absolute Gasteiger partial charge is 0.324 e. The normalized spacial score (nSPS) is 12.1. The quantitative estimate of drug-likeness (QED) is 0.805. The predicted molar refractivity (Wildman–Crippen MR) is 95.3 cm³/mol. The molecule has 1 heterocycles. The van der Waals surface area contributed by atoms with E-state index in [1.807, 2.05) is 44.2 Å². The van der Waals surface area contributed by atoms with E-state index in [1.165, 1.54) is 4.68 Å². The van der Waals surface area contributed by atoms with E-state index in [0.717, 1.165) is 22.2 Å². The second-order valence-electron chi connectivity index (χ2n) is 5.91. The number of carbonyl (C=O) groups excluding carboxylic acids is 1. The van der Waals surface area contributed by atoms with Crippen LogP contribution < -0.4 is 10.9 Å². The fourth-order valence-electron chi connectivity index (χ4n) is 2.73. The van der Waals surface area contributed by atoms with Crippen LogP contribution in [0.15, 0.2) is 53.5 Å². The highest BCUT2D eigenvalue weighted by Crippen LogP contribution is 2.20. The Bertz CT molecular complexity index is 956. The minimum atomic E-state index is -0.707. The first-order chi connectivity index (χ1) is 11.5. The van der Waals surface area contributed by atoms with Crippen LogP contribution in [0.5, 0.6) is 0 Å². The van der Waals surface area contributed by atoms with E-state index >= 15 is 0 Å². The number of nitrogens with zero attached hydrogens (tertiary/aromatic N) is 2. The van der Waals surface area contributed by atoms with Crippen molar-refractivity contribution in [2.24, 2.45) is 0 Å². The van der Waals surface area contributed by atoms with Gasteiger partial charge < -0.3 is 5.32 Å². The minimum absolute atomic E-state index is 0.266. The number of aryl methyl sites for hydroxylation is 2. The highest BCUT2D eigenvalue weighted by Gasteiger charge is 2.19. The summed E-state index contributed by atoms with van der Waals surface area (Å²) in [5.74, 6) is -0.266. The number of nitrogens with one attached hydrogen (secondary N) is 1. The third-order valence-corrected chi connectivity index (χ3v) is 4.20. The molecule has 5 nitrogen and oxygen atoms in total. The van der Waals surface area contributed by atoms with Crippen LogP contribution in [-0.2, 0) is 4.79 Å². The molecule has 0 saturated carbocycles. The zero-order chi connectivity index (χ0) is 17.3. The van der Waals surface area contributed by atoms with Gasteiger partial charge in [-0.15, -0.1) is 0 Å². The molecular formula is C19H19N3O2. The lowest BCUT2D eigenvalue weighted by molar-refractivity contribution is -0.119. The van der Waals surface area contributed by atoms with Crippen molar-refractivity contribution in [2.75, 3.05) is 5.32 Å². The topological polar surface area (TPSA) is 64.0 Å². The predicted octanol–water partition coefficient (Wildman–Crippen LogP) is 3.21. The van der Waals surface area contributed by atoms with Crippen LogP contribution in [0.4, 0.5) is 5.69 Å². The molecular weight excluding hydrogens is 302 g/mol. The van der Waals surface area contributed by atoms with Crippen molar-refractivity contribution < 1.29 is 4.79 Å². The monoisotopic (exact) mass is 321 g/mol. The van der Waals surface area contributed by atoms with Crippen LogP contribution in [0, 0.1) is 13.8 Å². The molecule has 1 amide bonds. The summed E-state index contributed by atoms with van der Waals surface area (Å²) in [5.41, 5.74) is 2.48. The molecule has 0 aliphatic carbocycles. The SMILES string of the molecule is Cc1cccc(C)c1NC(=O)[C@H](C)n1ncc2ccccc2c1=O. The van der Waals surface area contributed by atoms with Gasteiger partial charge in [0.05, 0.1) is 11.6 Å². The van der Waals surface area contributed by atoms with Crippen LogP contribution in [0.3, 0.4) is 0 Å². The number of carbonyl (C=O) groups is 1. The molecule has 3 rings (SSSR count). The summed E-state index contributed by atoms with van der Waals surface area (Å²) >= 11 is 0. The molecule has 0 bridgehead atoms. The zero-order valence-electron chi connectivity index (χ0n) is 13.9. The number of para-hydroxylation sites is 1. The van der Waals surface area contributed by atoms with Crippen molar-refractivity contribution in [3.05, 3.63) is 70.1 Å². The Labute approximate surface area is 139 Å². The Hall–Kier alpha value is -2.95. The maximum atomic E-state index is 12.6. The van der Waals surface area contributed by atoms with Crippen molar-refractivity contribution >= 4 is 22.4 Å². The Morgan fingerprint density at radius 3 is 2.46 bits per heavy atom. The van der Waals surface area contributed by atoms with Gasteiger partial charge in [0.15, 0.2) is 0 Å². The second-order valence-corrected chi connectivity index (χ2v) is 5.91. The minimum Gasteiger partial charge on any atom is -0.324 e. The number of rotatable bonds is 3. The molecule has 0 saturated heterocycles. The Morgan fingerprint density at radius 2 is 1.75 bits per heavy atom. The van der Waals surface area contributed by atoms with Gasteiger partial charge in [-0.2, -0.15) is 5.10 Å². The van der Waals surface area contributed by atoms with E-state index in [0.29, 0.717) is 5.39 Å². The maximum absolute atomic E-state index is 12.6. The van der Waals surface area contributed by atoms with Gasteiger partial charge in [-0.05, 0) is 38.0 Å². The summed E-state index contributed by atoms with van der Waals surface area (Å²) in [4.78, 5) is 25.2. The number of aromatic nitrogens is 2. The average Bonchev–Trinajstić information content (AvgIpc) is 2.58. The van der Waals surface area contributed by atoms with E-state index in [2.05, 4.69) is 10.4 Å². The van der Waals surface area contributed by atoms with Crippen LogP contribution >= 0.6 is 0 Å². The molecule has 0 aliphatic heterocycles. The first kappa shape index (κ1) is 15.9. The number of benzene rings is 2. The summed E-state index contributed by atoms with van der Waals surface area (Å²) < 4.78 is 1.23. The van der Waals surface area contributed by atoms with Crippen LogP contribution in [0.1, 0.15) is 24.1 Å². The number of anilines is 1. The standard InChI is InChI=1S/C19H19N3O2/c1-12-7-6-8-13(2)17(12)21-18(23)14(3)22-19(24)16-10-5-4-9-15(16)11-20-22/h4-11,14H,1-3H3,(H,21,23)/t14-/m0/s1. The molecule has 1 N–H and O–H groups in total. The van der Waals surface area contributed by atoms with E-state index < -0.39 is 6.04 Å². The molecule has 1 aromatic heterocycles. The van der Waals surface area contributed by atoms with Crippen molar-refractivity contribution in [3.63, 3.8) is 0 Å². The molecule has 0 aliphatic rings. The highest BCUT2D eigenvalue weighted by molar-refractivity contribution is 5.95. The van der Waals surface area contributed by atoms with Crippen molar-refractivity contribution in [1.82, 2.24) is 9.78 Å². The molecule has 24 heavy (non-hydrogen) atoms. The smallest absolute Gasteiger partial charge is 0.275 e. The molecule has 2 aromatic carbocycles. The molecule has 122 valence electrons. The Morgan fingerprint density at radius 1 is 1.08 bits per heavy atom. The molecule has 0 fully saturated rings. The van der Waals surface area contributed by atoms with E-state index in [4.69, 9.17) is 0 Å². The van der Waals surface area contributed by atoms with Gasteiger partial charge >= 0.3 is 0 Å². The summed E-state index contributed by atoms with van der Waals surface area (Å²) in [6.07, 6.45) is 1.61. The van der Waals surface area contributed by atoms with Gasteiger partial charge in [-0.1, -0.05) is 36.4 Å².